The third-order valence-corrected chi connectivity index (χ3v) is 1.86. The molecule has 0 fully saturated rings. The van der Waals surface area contributed by atoms with E-state index in [-0.39, 0.29) is 5.75 Å². The first-order valence-electron chi connectivity index (χ1n) is 4.93. The third-order valence-electron chi connectivity index (χ3n) is 1.86. The number of allylic oxidation sites excluding steroid dienone is 1. The monoisotopic (exact) mass is 192 g/mol. The summed E-state index contributed by atoms with van der Waals surface area (Å²) in [5, 5.41) is 9.02. The molecule has 0 aliphatic heterocycles. The van der Waals surface area contributed by atoms with Crippen LogP contribution in [0.4, 0.5) is 0 Å². The van der Waals surface area contributed by atoms with Crippen molar-refractivity contribution in [3.8, 4) is 11.5 Å². The van der Waals surface area contributed by atoms with E-state index in [1.807, 2.05) is 6.08 Å². The maximum Gasteiger partial charge on any atom is 0.126 e. The number of hydrogen-bond acceptors (Lipinski definition) is 2. The first-order valence-corrected chi connectivity index (χ1v) is 4.93. The molecule has 2 nitrogen and oxygen atoms in total. The van der Waals surface area contributed by atoms with Crippen LogP contribution in [0.3, 0.4) is 0 Å². The molecule has 0 amide bonds. The summed E-state index contributed by atoms with van der Waals surface area (Å²) in [7, 11) is 0. The molecule has 2 heteroatoms. The Balaban J connectivity index is 2.30. The minimum atomic E-state index is 0.257. The van der Waals surface area contributed by atoms with Crippen molar-refractivity contribution in [2.45, 2.75) is 26.2 Å². The molecule has 1 N–H and O–H groups in total. The maximum absolute atomic E-state index is 9.02. The minimum absolute atomic E-state index is 0.257. The predicted molar refractivity (Wildman–Crippen MR) is 57.4 cm³/mol. The summed E-state index contributed by atoms with van der Waals surface area (Å²) in [6.07, 6.45) is 7.14. The van der Waals surface area contributed by atoms with Gasteiger partial charge in [-0.1, -0.05) is 13.3 Å². The van der Waals surface area contributed by atoms with E-state index in [2.05, 4.69) is 6.92 Å². The highest BCUT2D eigenvalue weighted by Gasteiger charge is 1.89. The van der Waals surface area contributed by atoms with Crippen LogP contribution in [0.15, 0.2) is 36.6 Å². The van der Waals surface area contributed by atoms with Crippen LogP contribution in [-0.2, 0) is 0 Å². The molecule has 0 bridgehead atoms. The Bertz CT molecular complexity index is 275. The molecule has 0 atom stereocenters. The molecule has 0 unspecified atom stereocenters. The van der Waals surface area contributed by atoms with Crippen molar-refractivity contribution in [3.63, 3.8) is 0 Å². The average molecular weight is 192 g/mol. The Labute approximate surface area is 84.8 Å². The third kappa shape index (κ3) is 3.99. The number of phenols is 1. The van der Waals surface area contributed by atoms with Crippen molar-refractivity contribution in [1.29, 1.82) is 0 Å². The molecule has 76 valence electrons. The Morgan fingerprint density at radius 2 is 2.00 bits per heavy atom. The number of benzene rings is 1. The van der Waals surface area contributed by atoms with Gasteiger partial charge in [-0.25, -0.2) is 0 Å². The molecule has 0 saturated carbocycles. The highest BCUT2D eigenvalue weighted by Crippen LogP contribution is 2.15. The van der Waals surface area contributed by atoms with Gasteiger partial charge in [0.25, 0.3) is 0 Å². The molecule has 14 heavy (non-hydrogen) atoms. The number of unbranched alkanes of at least 4 members (excludes halogenated alkanes) is 2. The normalized spacial score (nSPS) is 10.6. The number of phenolic OH excluding ortho intramolecular Hbond substituents is 1. The average Bonchev–Trinajstić information content (AvgIpc) is 2.21. The molecule has 0 aliphatic rings. The molecule has 0 heterocycles. The van der Waals surface area contributed by atoms with E-state index in [9.17, 15) is 0 Å². The summed E-state index contributed by atoms with van der Waals surface area (Å²) in [5.41, 5.74) is 0. The summed E-state index contributed by atoms with van der Waals surface area (Å²) >= 11 is 0. The number of ether oxygens (including phenoxy) is 1. The first kappa shape index (κ1) is 10.6. The SMILES string of the molecule is CCCC/C=C/Oc1ccc(O)cc1. The lowest BCUT2D eigenvalue weighted by Crippen LogP contribution is -1.80. The summed E-state index contributed by atoms with van der Waals surface area (Å²) in [6, 6.07) is 6.68. The van der Waals surface area contributed by atoms with E-state index < -0.39 is 0 Å². The minimum Gasteiger partial charge on any atom is -0.508 e. The lowest BCUT2D eigenvalue weighted by Gasteiger charge is -1.99. The van der Waals surface area contributed by atoms with Crippen molar-refractivity contribution in [2.24, 2.45) is 0 Å². The van der Waals surface area contributed by atoms with Crippen LogP contribution in [0, 0.1) is 0 Å². The first-order chi connectivity index (χ1) is 6.83. The quantitative estimate of drug-likeness (QED) is 0.571. The lowest BCUT2D eigenvalue weighted by atomic mass is 10.2. The maximum atomic E-state index is 9.02. The molecule has 0 radical (unpaired) electrons. The van der Waals surface area contributed by atoms with Crippen molar-refractivity contribution in [3.05, 3.63) is 36.6 Å². The predicted octanol–water partition coefficient (Wildman–Crippen LogP) is 3.47. The van der Waals surface area contributed by atoms with Crippen LogP contribution in [0.25, 0.3) is 0 Å². The smallest absolute Gasteiger partial charge is 0.126 e. The molecular formula is C12H16O2. The van der Waals surface area contributed by atoms with Gasteiger partial charge < -0.3 is 9.84 Å². The summed E-state index contributed by atoms with van der Waals surface area (Å²) < 4.78 is 5.32. The van der Waals surface area contributed by atoms with E-state index in [1.165, 1.54) is 12.8 Å². The van der Waals surface area contributed by atoms with Crippen LogP contribution >= 0.6 is 0 Å². The number of rotatable bonds is 5. The van der Waals surface area contributed by atoms with Gasteiger partial charge in [-0.15, -0.1) is 0 Å². The largest absolute Gasteiger partial charge is 0.508 e. The second-order valence-electron chi connectivity index (χ2n) is 3.13. The summed E-state index contributed by atoms with van der Waals surface area (Å²) in [6.45, 7) is 2.16. The van der Waals surface area contributed by atoms with Gasteiger partial charge in [-0.2, -0.15) is 0 Å². The second-order valence-corrected chi connectivity index (χ2v) is 3.13. The zero-order valence-corrected chi connectivity index (χ0v) is 8.44. The molecule has 1 rings (SSSR count). The van der Waals surface area contributed by atoms with Crippen LogP contribution in [0.5, 0.6) is 11.5 Å². The zero-order valence-electron chi connectivity index (χ0n) is 8.44. The van der Waals surface area contributed by atoms with E-state index in [0.29, 0.717) is 0 Å². The zero-order chi connectivity index (χ0) is 10.2. The van der Waals surface area contributed by atoms with Crippen LogP contribution < -0.4 is 4.74 Å². The van der Waals surface area contributed by atoms with Crippen LogP contribution in [0.1, 0.15) is 26.2 Å². The number of aromatic hydroxyl groups is 1. The molecule has 0 spiro atoms. The highest BCUT2D eigenvalue weighted by atomic mass is 16.5. The van der Waals surface area contributed by atoms with Crippen molar-refractivity contribution in [1.82, 2.24) is 0 Å². The highest BCUT2D eigenvalue weighted by molar-refractivity contribution is 5.30. The van der Waals surface area contributed by atoms with E-state index in [4.69, 9.17) is 9.84 Å². The van der Waals surface area contributed by atoms with Gasteiger partial charge in [0.2, 0.25) is 0 Å². The van der Waals surface area contributed by atoms with Gasteiger partial charge in [0.05, 0.1) is 6.26 Å². The molecule has 0 aromatic heterocycles. The van der Waals surface area contributed by atoms with Crippen LogP contribution in [-0.4, -0.2) is 5.11 Å². The van der Waals surface area contributed by atoms with Gasteiger partial charge in [0, 0.05) is 0 Å². The topological polar surface area (TPSA) is 29.5 Å². The van der Waals surface area contributed by atoms with E-state index in [1.54, 1.807) is 30.5 Å². The fraction of sp³-hybridized carbons (Fsp3) is 0.333. The van der Waals surface area contributed by atoms with Crippen molar-refractivity contribution < 1.29 is 9.84 Å². The van der Waals surface area contributed by atoms with Crippen molar-refractivity contribution in [2.75, 3.05) is 0 Å². The molecule has 0 aliphatic carbocycles. The Morgan fingerprint density at radius 3 is 2.64 bits per heavy atom. The van der Waals surface area contributed by atoms with Gasteiger partial charge in [-0.3, -0.25) is 0 Å². The Hall–Kier alpha value is -1.44. The van der Waals surface area contributed by atoms with Gasteiger partial charge in [0.15, 0.2) is 0 Å². The Kier molecular flexibility index (Phi) is 4.62. The second kappa shape index (κ2) is 6.08. The van der Waals surface area contributed by atoms with Gasteiger partial charge in [0.1, 0.15) is 11.5 Å². The standard InChI is InChI=1S/C12H16O2/c1-2-3-4-5-10-14-12-8-6-11(13)7-9-12/h5-10,13H,2-4H2,1H3/b10-5+. The molecule has 0 saturated heterocycles. The van der Waals surface area contributed by atoms with E-state index in [0.717, 1.165) is 12.2 Å². The summed E-state index contributed by atoms with van der Waals surface area (Å²) in [4.78, 5) is 0. The summed E-state index contributed by atoms with van der Waals surface area (Å²) in [5.74, 6) is 1.00. The van der Waals surface area contributed by atoms with Gasteiger partial charge >= 0.3 is 0 Å². The van der Waals surface area contributed by atoms with E-state index >= 15 is 0 Å². The fourth-order valence-electron chi connectivity index (χ4n) is 1.04. The van der Waals surface area contributed by atoms with Crippen LogP contribution in [0.2, 0.25) is 0 Å². The van der Waals surface area contributed by atoms with Crippen molar-refractivity contribution >= 4 is 0 Å². The molecular weight excluding hydrogens is 176 g/mol. The molecule has 1 aromatic carbocycles. The fourth-order valence-corrected chi connectivity index (χ4v) is 1.04. The number of hydrogen-bond donors (Lipinski definition) is 1. The Morgan fingerprint density at radius 1 is 1.29 bits per heavy atom. The lowest BCUT2D eigenvalue weighted by molar-refractivity contribution is 0.462. The molecule has 1 aromatic rings. The van der Waals surface area contributed by atoms with Gasteiger partial charge in [-0.05, 0) is 43.2 Å².